The van der Waals surface area contributed by atoms with Crippen LogP contribution in [0.1, 0.15) is 12.5 Å². The van der Waals surface area contributed by atoms with Crippen molar-refractivity contribution in [3.63, 3.8) is 0 Å². The fraction of sp³-hybridized carbons (Fsp3) is 0.174. The van der Waals surface area contributed by atoms with Crippen molar-refractivity contribution >= 4 is 34.4 Å². The summed E-state index contributed by atoms with van der Waals surface area (Å²) in [5.74, 6) is -0.137. The van der Waals surface area contributed by atoms with Gasteiger partial charge in [-0.15, -0.1) is 0 Å². The molecule has 1 unspecified atom stereocenters. The fourth-order valence-electron chi connectivity index (χ4n) is 3.11. The lowest BCUT2D eigenvalue weighted by Gasteiger charge is -2.14. The number of nitrogens with one attached hydrogen (secondary N) is 1. The molecule has 1 atom stereocenters. The van der Waals surface area contributed by atoms with Gasteiger partial charge in [0.05, 0.1) is 6.54 Å². The molecule has 0 saturated carbocycles. The highest BCUT2D eigenvalue weighted by molar-refractivity contribution is 5.97. The Labute approximate surface area is 179 Å². The van der Waals surface area contributed by atoms with Gasteiger partial charge in [0, 0.05) is 18.2 Å². The zero-order valence-electron chi connectivity index (χ0n) is 16.9. The number of cyclic esters (lactones) is 1. The zero-order chi connectivity index (χ0) is 22.4. The summed E-state index contributed by atoms with van der Waals surface area (Å²) in [6.45, 7) is 1.74. The number of nitrogen functional groups attached to an aromatic ring is 1. The van der Waals surface area contributed by atoms with Crippen LogP contribution in [-0.4, -0.2) is 42.3 Å². The van der Waals surface area contributed by atoms with Gasteiger partial charge >= 0.3 is 6.09 Å². The molecule has 3 aromatic rings. The standard InChI is InChI=1S/C21H19N3O3.C2H4O2/c22-20(23)16-6-3-7-17(10-16)24-12-19(27-21(24)25)13-26-18-9-8-14-4-1-2-5-15(14)11-18;1-2(3)4/h1-11,19H,12-13H2,(H3,22,23);1H3,(H,3,4). The third-order valence-electron chi connectivity index (χ3n) is 4.50. The Morgan fingerprint density at radius 1 is 1.16 bits per heavy atom. The van der Waals surface area contributed by atoms with Gasteiger partial charge in [0.1, 0.15) is 18.2 Å². The van der Waals surface area contributed by atoms with Crippen molar-refractivity contribution in [2.75, 3.05) is 18.1 Å². The Kier molecular flexibility index (Phi) is 6.71. The van der Waals surface area contributed by atoms with Gasteiger partial charge in [-0.2, -0.15) is 0 Å². The van der Waals surface area contributed by atoms with E-state index in [9.17, 15) is 4.79 Å². The first kappa shape index (κ1) is 21.6. The van der Waals surface area contributed by atoms with Gasteiger partial charge in [0.25, 0.3) is 5.97 Å². The number of nitrogens with two attached hydrogens (primary N) is 1. The highest BCUT2D eigenvalue weighted by Gasteiger charge is 2.33. The number of hydrogen-bond donors (Lipinski definition) is 3. The molecule has 1 saturated heterocycles. The molecule has 1 aliphatic rings. The molecular formula is C23H23N3O5. The number of carboxylic acids is 1. The summed E-state index contributed by atoms with van der Waals surface area (Å²) in [7, 11) is 0. The van der Waals surface area contributed by atoms with Crippen LogP contribution in [0.25, 0.3) is 10.8 Å². The van der Waals surface area contributed by atoms with Crippen LogP contribution in [0.15, 0.2) is 66.7 Å². The number of fused-ring (bicyclic) bond motifs is 1. The van der Waals surface area contributed by atoms with Crippen molar-refractivity contribution in [3.05, 3.63) is 72.3 Å². The molecule has 1 fully saturated rings. The molecule has 0 bridgehead atoms. The molecule has 4 rings (SSSR count). The van der Waals surface area contributed by atoms with Gasteiger partial charge in [-0.1, -0.05) is 42.5 Å². The van der Waals surface area contributed by atoms with Crippen LogP contribution in [0.5, 0.6) is 5.75 Å². The van der Waals surface area contributed by atoms with Gasteiger partial charge in [-0.05, 0) is 35.0 Å². The first-order chi connectivity index (χ1) is 14.8. The molecule has 1 heterocycles. The lowest BCUT2D eigenvalue weighted by atomic mass is 10.1. The summed E-state index contributed by atoms with van der Waals surface area (Å²) in [5.41, 5.74) is 6.74. The van der Waals surface area contributed by atoms with Gasteiger partial charge in [-0.25, -0.2) is 4.79 Å². The van der Waals surface area contributed by atoms with Crippen LogP contribution in [0, 0.1) is 5.41 Å². The van der Waals surface area contributed by atoms with Crippen LogP contribution < -0.4 is 15.4 Å². The van der Waals surface area contributed by atoms with Crippen LogP contribution in [-0.2, 0) is 9.53 Å². The van der Waals surface area contributed by atoms with E-state index in [1.807, 2.05) is 42.5 Å². The smallest absolute Gasteiger partial charge is 0.414 e. The largest absolute Gasteiger partial charge is 0.490 e. The molecule has 1 amide bonds. The molecule has 0 radical (unpaired) electrons. The molecule has 8 heteroatoms. The van der Waals surface area contributed by atoms with Crippen molar-refractivity contribution in [3.8, 4) is 5.75 Å². The number of carbonyl (C=O) groups excluding carboxylic acids is 1. The van der Waals surface area contributed by atoms with Gasteiger partial charge in [0.2, 0.25) is 0 Å². The van der Waals surface area contributed by atoms with Crippen LogP contribution in [0.3, 0.4) is 0 Å². The number of rotatable bonds is 5. The normalized spacial score (nSPS) is 15.1. The van der Waals surface area contributed by atoms with Gasteiger partial charge < -0.3 is 20.3 Å². The average Bonchev–Trinajstić information content (AvgIpc) is 3.12. The highest BCUT2D eigenvalue weighted by atomic mass is 16.6. The summed E-state index contributed by atoms with van der Waals surface area (Å²) in [4.78, 5) is 22.7. The minimum absolute atomic E-state index is 0.0411. The molecule has 4 N–H and O–H groups in total. The average molecular weight is 421 g/mol. The van der Waals surface area contributed by atoms with Crippen molar-refractivity contribution in [2.45, 2.75) is 13.0 Å². The number of amides is 1. The van der Waals surface area contributed by atoms with E-state index in [1.54, 1.807) is 24.3 Å². The van der Waals surface area contributed by atoms with Gasteiger partial charge in [-0.3, -0.25) is 15.1 Å². The first-order valence-electron chi connectivity index (χ1n) is 9.57. The van der Waals surface area contributed by atoms with E-state index in [4.69, 9.17) is 30.5 Å². The monoisotopic (exact) mass is 421 g/mol. The van der Waals surface area contributed by atoms with E-state index in [2.05, 4.69) is 0 Å². The number of carboxylic acid groups (broad SMARTS) is 1. The van der Waals surface area contributed by atoms with E-state index in [0.717, 1.165) is 23.4 Å². The molecular weight excluding hydrogens is 398 g/mol. The van der Waals surface area contributed by atoms with Crippen LogP contribution in [0.2, 0.25) is 0 Å². The number of aliphatic carboxylic acids is 1. The zero-order valence-corrected chi connectivity index (χ0v) is 16.9. The molecule has 8 nitrogen and oxygen atoms in total. The lowest BCUT2D eigenvalue weighted by molar-refractivity contribution is -0.134. The number of carbonyl (C=O) groups is 2. The topological polar surface area (TPSA) is 126 Å². The van der Waals surface area contributed by atoms with Gasteiger partial charge in [0.15, 0.2) is 6.10 Å². The molecule has 160 valence electrons. The second kappa shape index (κ2) is 9.62. The third-order valence-corrected chi connectivity index (χ3v) is 4.50. The SMILES string of the molecule is CC(=O)O.N=C(N)c1cccc(N2CC(COc3ccc4ccccc4c3)OC2=O)c1. The fourth-order valence-corrected chi connectivity index (χ4v) is 3.11. The molecule has 0 aliphatic carbocycles. The summed E-state index contributed by atoms with van der Waals surface area (Å²) >= 11 is 0. The maximum absolute atomic E-state index is 12.2. The van der Waals surface area contributed by atoms with Crippen molar-refractivity contribution in [2.24, 2.45) is 5.73 Å². The number of anilines is 1. The molecule has 1 aliphatic heterocycles. The van der Waals surface area contributed by atoms with E-state index >= 15 is 0 Å². The van der Waals surface area contributed by atoms with E-state index < -0.39 is 12.1 Å². The second-order valence-corrected chi connectivity index (χ2v) is 6.92. The Morgan fingerprint density at radius 2 is 1.87 bits per heavy atom. The lowest BCUT2D eigenvalue weighted by Crippen LogP contribution is -2.27. The first-order valence-corrected chi connectivity index (χ1v) is 9.57. The summed E-state index contributed by atoms with van der Waals surface area (Å²) in [6.07, 6.45) is -0.798. The molecule has 0 aromatic heterocycles. The number of hydrogen-bond acceptors (Lipinski definition) is 5. The Morgan fingerprint density at radius 3 is 2.58 bits per heavy atom. The van der Waals surface area contributed by atoms with Crippen LogP contribution >= 0.6 is 0 Å². The highest BCUT2D eigenvalue weighted by Crippen LogP contribution is 2.24. The maximum Gasteiger partial charge on any atom is 0.414 e. The van der Waals surface area contributed by atoms with E-state index in [-0.39, 0.29) is 18.5 Å². The predicted octanol–water partition coefficient (Wildman–Crippen LogP) is 3.62. The number of nitrogens with zero attached hydrogens (tertiary/aromatic N) is 1. The Balaban J connectivity index is 0.000000628. The molecule has 31 heavy (non-hydrogen) atoms. The minimum Gasteiger partial charge on any atom is -0.490 e. The Bertz CT molecular complexity index is 1110. The van der Waals surface area contributed by atoms with Crippen molar-refractivity contribution < 1.29 is 24.2 Å². The number of ether oxygens (including phenoxy) is 2. The quantitative estimate of drug-likeness (QED) is 0.427. The summed E-state index contributed by atoms with van der Waals surface area (Å²) in [6, 6.07) is 20.9. The summed E-state index contributed by atoms with van der Waals surface area (Å²) in [5, 5.41) is 17.2. The second-order valence-electron chi connectivity index (χ2n) is 6.92. The number of amidine groups is 1. The summed E-state index contributed by atoms with van der Waals surface area (Å²) < 4.78 is 11.2. The van der Waals surface area contributed by atoms with E-state index in [1.165, 1.54) is 4.90 Å². The van der Waals surface area contributed by atoms with Crippen LogP contribution in [0.4, 0.5) is 10.5 Å². The molecule has 0 spiro atoms. The Hall–Kier alpha value is -4.07. The van der Waals surface area contributed by atoms with Crippen molar-refractivity contribution in [1.82, 2.24) is 0 Å². The van der Waals surface area contributed by atoms with E-state index in [0.29, 0.717) is 17.8 Å². The maximum atomic E-state index is 12.2. The van der Waals surface area contributed by atoms with Crippen molar-refractivity contribution in [1.29, 1.82) is 5.41 Å². The third kappa shape index (κ3) is 5.72. The number of benzene rings is 3. The molecule has 3 aromatic carbocycles. The predicted molar refractivity (Wildman–Crippen MR) is 118 cm³/mol. The minimum atomic E-state index is -0.833.